The van der Waals surface area contributed by atoms with Crippen molar-refractivity contribution < 1.29 is 18.3 Å². The first-order chi connectivity index (χ1) is 13.1. The van der Waals surface area contributed by atoms with Gasteiger partial charge in [0.25, 0.3) is 0 Å². The third-order valence-corrected chi connectivity index (χ3v) is 4.08. The second-order valence-electron chi connectivity index (χ2n) is 6.02. The third-order valence-electron chi connectivity index (χ3n) is 4.08. The second kappa shape index (κ2) is 8.94. The Labute approximate surface area is 156 Å². The molecule has 0 aliphatic rings. The Morgan fingerprint density at radius 1 is 0.815 bits per heavy atom. The molecule has 0 radical (unpaired) electrons. The van der Waals surface area contributed by atoms with Crippen LogP contribution in [-0.2, 0) is 11.2 Å². The highest BCUT2D eigenvalue weighted by atomic mass is 19.3. The molecule has 1 unspecified atom stereocenters. The van der Waals surface area contributed by atoms with Crippen molar-refractivity contribution in [3.05, 3.63) is 102 Å². The summed E-state index contributed by atoms with van der Waals surface area (Å²) in [6.45, 7) is -2.87. The van der Waals surface area contributed by atoms with Crippen LogP contribution >= 0.6 is 0 Å². The summed E-state index contributed by atoms with van der Waals surface area (Å²) in [6.07, 6.45) is 0.261. The summed E-state index contributed by atoms with van der Waals surface area (Å²) < 4.78 is 29.1. The van der Waals surface area contributed by atoms with Gasteiger partial charge in [0.05, 0.1) is 12.5 Å². The van der Waals surface area contributed by atoms with E-state index in [0.717, 1.165) is 16.7 Å². The topological polar surface area (TPSA) is 38.3 Å². The van der Waals surface area contributed by atoms with Crippen LogP contribution in [0.25, 0.3) is 0 Å². The van der Waals surface area contributed by atoms with Gasteiger partial charge in [-0.1, -0.05) is 72.8 Å². The van der Waals surface area contributed by atoms with Gasteiger partial charge in [0.2, 0.25) is 5.91 Å². The molecular formula is C22H19F2NO2. The number of rotatable bonds is 7. The van der Waals surface area contributed by atoms with Gasteiger partial charge in [-0.3, -0.25) is 4.79 Å². The first kappa shape index (κ1) is 18.6. The highest BCUT2D eigenvalue weighted by Gasteiger charge is 2.17. The average Bonchev–Trinajstić information content (AvgIpc) is 2.68. The average molecular weight is 367 g/mol. The van der Waals surface area contributed by atoms with Gasteiger partial charge in [0.1, 0.15) is 5.75 Å². The zero-order chi connectivity index (χ0) is 19.1. The monoisotopic (exact) mass is 367 g/mol. The quantitative estimate of drug-likeness (QED) is 0.655. The lowest BCUT2D eigenvalue weighted by Crippen LogP contribution is -2.30. The van der Waals surface area contributed by atoms with Crippen LogP contribution in [0.3, 0.4) is 0 Å². The van der Waals surface area contributed by atoms with E-state index in [4.69, 9.17) is 0 Å². The summed E-state index contributed by atoms with van der Waals surface area (Å²) in [7, 11) is 0. The molecule has 3 aromatic rings. The number of carbonyl (C=O) groups is 1. The van der Waals surface area contributed by atoms with Crippen molar-refractivity contribution in [2.24, 2.45) is 0 Å². The summed E-state index contributed by atoms with van der Waals surface area (Å²) >= 11 is 0. The van der Waals surface area contributed by atoms with Gasteiger partial charge in [-0.05, 0) is 28.8 Å². The van der Waals surface area contributed by atoms with Gasteiger partial charge < -0.3 is 10.1 Å². The first-order valence-corrected chi connectivity index (χ1v) is 8.55. The van der Waals surface area contributed by atoms with E-state index in [9.17, 15) is 13.6 Å². The molecule has 1 N–H and O–H groups in total. The van der Waals surface area contributed by atoms with E-state index in [2.05, 4.69) is 10.1 Å². The van der Waals surface area contributed by atoms with E-state index in [0.29, 0.717) is 0 Å². The van der Waals surface area contributed by atoms with E-state index in [1.54, 1.807) is 12.1 Å². The lowest BCUT2D eigenvalue weighted by molar-refractivity contribution is -0.120. The minimum atomic E-state index is -2.87. The molecule has 0 bridgehead atoms. The molecule has 0 spiro atoms. The molecule has 0 aliphatic heterocycles. The van der Waals surface area contributed by atoms with Gasteiger partial charge in [-0.15, -0.1) is 0 Å². The Kier molecular flexibility index (Phi) is 6.15. The van der Waals surface area contributed by atoms with Crippen LogP contribution in [0, 0.1) is 0 Å². The number of nitrogens with one attached hydrogen (secondary N) is 1. The number of halogens is 2. The predicted octanol–water partition coefficient (Wildman–Crippen LogP) is 4.74. The van der Waals surface area contributed by atoms with Crippen LogP contribution in [-0.4, -0.2) is 12.5 Å². The van der Waals surface area contributed by atoms with Crippen molar-refractivity contribution in [2.45, 2.75) is 19.1 Å². The maximum Gasteiger partial charge on any atom is 0.387 e. The fourth-order valence-corrected chi connectivity index (χ4v) is 2.84. The van der Waals surface area contributed by atoms with E-state index < -0.39 is 6.61 Å². The van der Waals surface area contributed by atoms with E-state index in [1.807, 2.05) is 60.7 Å². The van der Waals surface area contributed by atoms with Crippen LogP contribution < -0.4 is 10.1 Å². The molecule has 1 amide bonds. The molecule has 3 aromatic carbocycles. The van der Waals surface area contributed by atoms with E-state index in [1.165, 1.54) is 12.1 Å². The van der Waals surface area contributed by atoms with Gasteiger partial charge in [0, 0.05) is 0 Å². The normalized spacial score (nSPS) is 11.8. The van der Waals surface area contributed by atoms with Crippen LogP contribution in [0.2, 0.25) is 0 Å². The summed E-state index contributed by atoms with van der Waals surface area (Å²) in [5.74, 6) is -0.0425. The number of ether oxygens (including phenoxy) is 1. The van der Waals surface area contributed by atoms with Crippen molar-refractivity contribution in [1.29, 1.82) is 0 Å². The highest BCUT2D eigenvalue weighted by molar-refractivity contribution is 5.79. The van der Waals surface area contributed by atoms with Crippen molar-refractivity contribution in [3.8, 4) is 5.75 Å². The first-order valence-electron chi connectivity index (χ1n) is 8.55. The SMILES string of the molecule is O=C(Cc1ccccc1)NC(c1ccccc1)c1ccc(OC(F)F)cc1. The minimum Gasteiger partial charge on any atom is -0.435 e. The number of hydrogen-bond donors (Lipinski definition) is 1. The van der Waals surface area contributed by atoms with Gasteiger partial charge in [-0.2, -0.15) is 8.78 Å². The predicted molar refractivity (Wildman–Crippen MR) is 99.6 cm³/mol. The van der Waals surface area contributed by atoms with Gasteiger partial charge >= 0.3 is 6.61 Å². The highest BCUT2D eigenvalue weighted by Crippen LogP contribution is 2.25. The molecule has 3 nitrogen and oxygen atoms in total. The molecule has 3 rings (SSSR count). The minimum absolute atomic E-state index is 0.0798. The molecule has 0 aromatic heterocycles. The summed E-state index contributed by atoms with van der Waals surface area (Å²) in [5.41, 5.74) is 2.60. The van der Waals surface area contributed by atoms with E-state index in [-0.39, 0.29) is 24.1 Å². The van der Waals surface area contributed by atoms with E-state index >= 15 is 0 Å². The molecule has 27 heavy (non-hydrogen) atoms. The molecule has 0 aliphatic carbocycles. The van der Waals surface area contributed by atoms with Crippen LogP contribution in [0.5, 0.6) is 5.75 Å². The van der Waals surface area contributed by atoms with Gasteiger partial charge in [0.15, 0.2) is 0 Å². The number of alkyl halides is 2. The summed E-state index contributed by atoms with van der Waals surface area (Å²) in [4.78, 5) is 12.5. The Bertz CT molecular complexity index is 853. The van der Waals surface area contributed by atoms with Crippen LogP contribution in [0.1, 0.15) is 22.7 Å². The number of benzene rings is 3. The molecule has 0 fully saturated rings. The summed E-state index contributed by atoms with van der Waals surface area (Å²) in [6, 6.07) is 24.9. The van der Waals surface area contributed by atoms with Crippen LogP contribution in [0.4, 0.5) is 8.78 Å². The Morgan fingerprint density at radius 2 is 1.37 bits per heavy atom. The lowest BCUT2D eigenvalue weighted by Gasteiger charge is -2.20. The summed E-state index contributed by atoms with van der Waals surface area (Å²) in [5, 5.41) is 3.03. The van der Waals surface area contributed by atoms with Crippen molar-refractivity contribution >= 4 is 5.91 Å². The molecular weight excluding hydrogens is 348 g/mol. The van der Waals surface area contributed by atoms with Crippen molar-refractivity contribution in [3.63, 3.8) is 0 Å². The maximum atomic E-state index is 12.5. The fraction of sp³-hybridized carbons (Fsp3) is 0.136. The van der Waals surface area contributed by atoms with Crippen LogP contribution in [0.15, 0.2) is 84.9 Å². The maximum absolute atomic E-state index is 12.5. The smallest absolute Gasteiger partial charge is 0.387 e. The Hall–Kier alpha value is -3.21. The molecule has 0 heterocycles. The molecule has 0 saturated carbocycles. The van der Waals surface area contributed by atoms with Crippen molar-refractivity contribution in [2.75, 3.05) is 0 Å². The standard InChI is InChI=1S/C22H19F2NO2/c23-22(24)27-19-13-11-18(12-14-19)21(17-9-5-2-6-10-17)25-20(26)15-16-7-3-1-4-8-16/h1-14,21-22H,15H2,(H,25,26). The Morgan fingerprint density at radius 3 is 1.96 bits per heavy atom. The number of hydrogen-bond acceptors (Lipinski definition) is 2. The van der Waals surface area contributed by atoms with Gasteiger partial charge in [-0.25, -0.2) is 0 Å². The number of amides is 1. The zero-order valence-corrected chi connectivity index (χ0v) is 14.5. The molecule has 138 valence electrons. The number of carbonyl (C=O) groups excluding carboxylic acids is 1. The van der Waals surface area contributed by atoms with Crippen molar-refractivity contribution in [1.82, 2.24) is 5.32 Å². The Balaban J connectivity index is 1.80. The third kappa shape index (κ3) is 5.38. The zero-order valence-electron chi connectivity index (χ0n) is 14.5. The molecule has 1 atom stereocenters. The largest absolute Gasteiger partial charge is 0.435 e. The fourth-order valence-electron chi connectivity index (χ4n) is 2.84. The molecule has 5 heteroatoms. The lowest BCUT2D eigenvalue weighted by atomic mass is 9.98. The second-order valence-corrected chi connectivity index (χ2v) is 6.02. The molecule has 0 saturated heterocycles.